The first kappa shape index (κ1) is 25.7. The molecule has 0 aromatic heterocycles. The second kappa shape index (κ2) is 11.5. The lowest BCUT2D eigenvalue weighted by Crippen LogP contribution is -2.33. The van der Waals surface area contributed by atoms with Crippen LogP contribution in [0.3, 0.4) is 0 Å². The van der Waals surface area contributed by atoms with Gasteiger partial charge in [0.1, 0.15) is 0 Å². The molecule has 3 heteroatoms. The van der Waals surface area contributed by atoms with Crippen LogP contribution in [0.4, 0.5) is 0 Å². The molecule has 3 saturated carbocycles. The SMILES string of the molecule is C=C1C[C@H](OCCCO)CC/C1=C/C=C1\CCCC2(C)C(CCCCC(C)(C)O)CCC12. The number of hydrogen-bond acceptors (Lipinski definition) is 3. The van der Waals surface area contributed by atoms with Gasteiger partial charge in [0.05, 0.1) is 11.7 Å². The highest BCUT2D eigenvalue weighted by atomic mass is 16.5. The molecule has 0 amide bonds. The monoisotopic (exact) mass is 444 g/mol. The van der Waals surface area contributed by atoms with Crippen LogP contribution in [-0.4, -0.2) is 35.1 Å². The largest absolute Gasteiger partial charge is 0.396 e. The lowest BCUT2D eigenvalue weighted by Gasteiger charge is -2.42. The Kier molecular flexibility index (Phi) is 9.23. The molecular weight excluding hydrogens is 396 g/mol. The average molecular weight is 445 g/mol. The molecule has 0 spiro atoms. The van der Waals surface area contributed by atoms with Crippen molar-refractivity contribution in [3.63, 3.8) is 0 Å². The van der Waals surface area contributed by atoms with Gasteiger partial charge in [-0.1, -0.05) is 44.1 Å². The Morgan fingerprint density at radius 2 is 1.94 bits per heavy atom. The molecule has 182 valence electrons. The fourth-order valence-electron chi connectivity index (χ4n) is 6.64. The minimum atomic E-state index is -0.523. The molecule has 3 nitrogen and oxygen atoms in total. The van der Waals surface area contributed by atoms with Gasteiger partial charge in [0, 0.05) is 13.2 Å². The average Bonchev–Trinajstić information content (AvgIpc) is 3.07. The van der Waals surface area contributed by atoms with Crippen LogP contribution in [0.1, 0.15) is 104 Å². The fraction of sp³-hybridized carbons (Fsp3) is 0.793. The fourth-order valence-corrected chi connectivity index (χ4v) is 6.64. The number of aliphatic hydroxyl groups excluding tert-OH is 1. The highest BCUT2D eigenvalue weighted by Crippen LogP contribution is 2.58. The van der Waals surface area contributed by atoms with Crippen molar-refractivity contribution >= 4 is 0 Å². The summed E-state index contributed by atoms with van der Waals surface area (Å²) in [7, 11) is 0. The standard InChI is InChI=1S/C29H48O3/c1-22-21-26(32-20-8-19-30)15-13-23(22)11-12-24-9-7-18-29(4)25(14-16-27(24)29)10-5-6-17-28(2,3)31/h11-12,25-27,30-31H,1,5-10,13-21H2,2-4H3/b23-11-,24-12+/t25?,26-,27?,29?/m1/s1. The van der Waals surface area contributed by atoms with E-state index in [1.807, 2.05) is 13.8 Å². The number of aliphatic hydroxyl groups is 2. The van der Waals surface area contributed by atoms with Crippen LogP contribution in [-0.2, 0) is 4.74 Å². The summed E-state index contributed by atoms with van der Waals surface area (Å²) in [5.41, 5.74) is 4.27. The molecule has 3 aliphatic carbocycles. The van der Waals surface area contributed by atoms with Crippen molar-refractivity contribution in [2.45, 2.75) is 116 Å². The van der Waals surface area contributed by atoms with Crippen LogP contribution in [0, 0.1) is 17.3 Å². The number of rotatable bonds is 10. The van der Waals surface area contributed by atoms with Crippen LogP contribution >= 0.6 is 0 Å². The van der Waals surface area contributed by atoms with Crippen LogP contribution in [0.5, 0.6) is 0 Å². The third kappa shape index (κ3) is 6.81. The molecule has 0 aromatic rings. The molecular formula is C29H48O3. The van der Waals surface area contributed by atoms with E-state index in [1.54, 1.807) is 5.57 Å². The molecule has 3 unspecified atom stereocenters. The Balaban J connectivity index is 1.56. The Hall–Kier alpha value is -0.900. The van der Waals surface area contributed by atoms with E-state index in [0.717, 1.165) is 50.4 Å². The third-order valence-corrected chi connectivity index (χ3v) is 8.57. The zero-order chi connectivity index (χ0) is 23.2. The van der Waals surface area contributed by atoms with Crippen molar-refractivity contribution in [1.82, 2.24) is 0 Å². The lowest BCUT2D eigenvalue weighted by atomic mass is 9.62. The quantitative estimate of drug-likeness (QED) is 0.361. The summed E-state index contributed by atoms with van der Waals surface area (Å²) in [6, 6.07) is 0. The van der Waals surface area contributed by atoms with Gasteiger partial charge in [-0.3, -0.25) is 0 Å². The van der Waals surface area contributed by atoms with Gasteiger partial charge >= 0.3 is 0 Å². The summed E-state index contributed by atoms with van der Waals surface area (Å²) < 4.78 is 5.90. The van der Waals surface area contributed by atoms with Gasteiger partial charge < -0.3 is 14.9 Å². The zero-order valence-electron chi connectivity index (χ0n) is 21.0. The molecule has 3 rings (SSSR count). The van der Waals surface area contributed by atoms with E-state index in [1.165, 1.54) is 56.1 Å². The molecule has 0 aromatic carbocycles. The Bertz CT molecular complexity index is 683. The predicted octanol–water partition coefficient (Wildman–Crippen LogP) is 6.89. The highest BCUT2D eigenvalue weighted by Gasteiger charge is 2.48. The maximum Gasteiger partial charge on any atom is 0.0618 e. The number of allylic oxidation sites excluding steroid dienone is 4. The molecule has 0 radical (unpaired) electrons. The Labute approximate surface area is 197 Å². The van der Waals surface area contributed by atoms with Gasteiger partial charge in [-0.2, -0.15) is 0 Å². The van der Waals surface area contributed by atoms with E-state index >= 15 is 0 Å². The summed E-state index contributed by atoms with van der Waals surface area (Å²) in [5.74, 6) is 1.59. The molecule has 3 fully saturated rings. The number of ether oxygens (including phenoxy) is 1. The summed E-state index contributed by atoms with van der Waals surface area (Å²) in [5, 5.41) is 18.9. The molecule has 0 saturated heterocycles. The summed E-state index contributed by atoms with van der Waals surface area (Å²) in [6.45, 7) is 11.6. The molecule has 0 bridgehead atoms. The lowest BCUT2D eigenvalue weighted by molar-refractivity contribution is 0.0358. The van der Waals surface area contributed by atoms with Gasteiger partial charge in [0.2, 0.25) is 0 Å². The predicted molar refractivity (Wildman–Crippen MR) is 134 cm³/mol. The first-order valence-electron chi connectivity index (χ1n) is 13.3. The van der Waals surface area contributed by atoms with Crippen molar-refractivity contribution in [3.05, 3.63) is 35.5 Å². The number of unbranched alkanes of at least 4 members (excludes halogenated alkanes) is 1. The van der Waals surface area contributed by atoms with E-state index in [4.69, 9.17) is 9.84 Å². The van der Waals surface area contributed by atoms with Crippen LogP contribution in [0.25, 0.3) is 0 Å². The highest BCUT2D eigenvalue weighted by molar-refractivity contribution is 5.36. The van der Waals surface area contributed by atoms with E-state index in [-0.39, 0.29) is 12.7 Å². The van der Waals surface area contributed by atoms with E-state index in [9.17, 15) is 5.11 Å². The molecule has 2 N–H and O–H groups in total. The minimum absolute atomic E-state index is 0.203. The van der Waals surface area contributed by atoms with Gasteiger partial charge in [-0.25, -0.2) is 0 Å². The molecule has 32 heavy (non-hydrogen) atoms. The van der Waals surface area contributed by atoms with Crippen LogP contribution < -0.4 is 0 Å². The zero-order valence-corrected chi connectivity index (χ0v) is 21.0. The van der Waals surface area contributed by atoms with Gasteiger partial charge in [0.15, 0.2) is 0 Å². The van der Waals surface area contributed by atoms with Gasteiger partial charge in [0.25, 0.3) is 0 Å². The Morgan fingerprint density at radius 3 is 2.66 bits per heavy atom. The topological polar surface area (TPSA) is 49.7 Å². The molecule has 3 aliphatic rings. The van der Waals surface area contributed by atoms with Gasteiger partial charge in [-0.05, 0) is 113 Å². The summed E-state index contributed by atoms with van der Waals surface area (Å²) in [4.78, 5) is 0. The van der Waals surface area contributed by atoms with Crippen LogP contribution in [0.15, 0.2) is 35.5 Å². The van der Waals surface area contributed by atoms with Crippen molar-refractivity contribution in [1.29, 1.82) is 0 Å². The first-order chi connectivity index (χ1) is 15.2. The Morgan fingerprint density at radius 1 is 1.12 bits per heavy atom. The maximum absolute atomic E-state index is 10.00. The van der Waals surface area contributed by atoms with Crippen molar-refractivity contribution in [2.24, 2.45) is 17.3 Å². The van der Waals surface area contributed by atoms with Crippen LogP contribution in [0.2, 0.25) is 0 Å². The minimum Gasteiger partial charge on any atom is -0.396 e. The molecule has 0 aliphatic heterocycles. The third-order valence-electron chi connectivity index (χ3n) is 8.57. The molecule has 4 atom stereocenters. The number of fused-ring (bicyclic) bond motifs is 1. The van der Waals surface area contributed by atoms with E-state index in [2.05, 4.69) is 25.7 Å². The number of hydrogen-bond donors (Lipinski definition) is 2. The normalized spacial score (nSPS) is 33.8. The second-order valence-electron chi connectivity index (χ2n) is 11.6. The smallest absolute Gasteiger partial charge is 0.0618 e. The summed E-state index contributed by atoms with van der Waals surface area (Å²) in [6.07, 6.45) is 20.2. The second-order valence-corrected chi connectivity index (χ2v) is 11.6. The molecule has 0 heterocycles. The van der Waals surface area contributed by atoms with Crippen molar-refractivity contribution in [2.75, 3.05) is 13.2 Å². The van der Waals surface area contributed by atoms with Gasteiger partial charge in [-0.15, -0.1) is 0 Å². The van der Waals surface area contributed by atoms with E-state index < -0.39 is 5.60 Å². The maximum atomic E-state index is 10.00. The first-order valence-corrected chi connectivity index (χ1v) is 13.3. The van der Waals surface area contributed by atoms with E-state index in [0.29, 0.717) is 12.0 Å². The summed E-state index contributed by atoms with van der Waals surface area (Å²) >= 11 is 0. The van der Waals surface area contributed by atoms with Crippen molar-refractivity contribution in [3.8, 4) is 0 Å². The van der Waals surface area contributed by atoms with Crippen molar-refractivity contribution < 1.29 is 14.9 Å².